The Hall–Kier alpha value is -4.44. The maximum Gasteiger partial charge on any atom is 0.187 e. The molecule has 0 fully saturated rings. The molecule has 0 bridgehead atoms. The minimum absolute atomic E-state index is 0.246. The molecule has 37 heavy (non-hydrogen) atoms. The van der Waals surface area contributed by atoms with Gasteiger partial charge in [-0.3, -0.25) is 0 Å². The fraction of sp³-hybridized carbons (Fsp3) is 0.111. The van der Waals surface area contributed by atoms with Crippen molar-refractivity contribution in [1.82, 2.24) is 14.5 Å². The molecule has 0 amide bonds. The zero-order valence-electron chi connectivity index (χ0n) is 20.3. The Kier molecular flexibility index (Phi) is 8.32. The van der Waals surface area contributed by atoms with Gasteiger partial charge < -0.3 is 25.7 Å². The highest BCUT2D eigenvalue weighted by atomic mass is 32.1. The van der Waals surface area contributed by atoms with Crippen molar-refractivity contribution in [3.8, 4) is 11.4 Å². The van der Waals surface area contributed by atoms with Crippen LogP contribution in [0.2, 0.25) is 0 Å². The summed E-state index contributed by atoms with van der Waals surface area (Å²) in [5.74, 6) is 0.241. The van der Waals surface area contributed by atoms with Crippen LogP contribution in [-0.4, -0.2) is 21.6 Å². The maximum atomic E-state index is 13.0. The molecular formula is C27H26F2N6OS. The molecule has 0 unspecified atom stereocenters. The van der Waals surface area contributed by atoms with E-state index >= 15 is 0 Å². The number of halogens is 2. The molecule has 190 valence electrons. The maximum absolute atomic E-state index is 13.0. The molecule has 7 nitrogen and oxygen atoms in total. The van der Waals surface area contributed by atoms with E-state index in [0.29, 0.717) is 12.2 Å². The summed E-state index contributed by atoms with van der Waals surface area (Å²) in [4.78, 5) is 9.76. The minimum Gasteiger partial charge on any atom is -0.494 e. The van der Waals surface area contributed by atoms with Crippen LogP contribution in [0.25, 0.3) is 5.69 Å². The molecule has 5 aromatic rings. The second kappa shape index (κ2) is 12.0. The normalized spacial score (nSPS) is 10.4. The largest absolute Gasteiger partial charge is 0.494 e. The summed E-state index contributed by atoms with van der Waals surface area (Å²) in [5.41, 5.74) is 9.46. The second-order valence-corrected chi connectivity index (χ2v) is 9.09. The third-order valence-corrected chi connectivity index (χ3v) is 6.07. The zero-order chi connectivity index (χ0) is 26.2. The summed E-state index contributed by atoms with van der Waals surface area (Å²) >= 11 is 1.55. The lowest BCUT2D eigenvalue weighted by atomic mass is 10.2. The van der Waals surface area contributed by atoms with E-state index in [0.717, 1.165) is 38.5 Å². The van der Waals surface area contributed by atoms with Crippen LogP contribution in [0.15, 0.2) is 85.5 Å². The first-order valence-electron chi connectivity index (χ1n) is 11.3. The molecule has 0 radical (unpaired) electrons. The first-order chi connectivity index (χ1) is 17.9. The standard InChI is InChI=1S/C21H20FN5OS.C6H6FN/c1-14-12-27(13-25-14)19-8-7-17(9-20(19)28-2)26-21-24-11-18(29-21)10-23-16-5-3-15(22)4-6-16;7-5-1-3-6(8)4-2-5/h3-9,11-13,23H,10H2,1-2H3,(H,24,26);1-4H,8H2. The molecule has 0 spiro atoms. The van der Waals surface area contributed by atoms with E-state index in [9.17, 15) is 8.78 Å². The highest BCUT2D eigenvalue weighted by Crippen LogP contribution is 2.30. The van der Waals surface area contributed by atoms with E-state index in [1.807, 2.05) is 42.1 Å². The summed E-state index contributed by atoms with van der Waals surface area (Å²) < 4.78 is 32.5. The number of ether oxygens (including phenoxy) is 1. The molecule has 0 aliphatic carbocycles. The summed E-state index contributed by atoms with van der Waals surface area (Å²) in [6.45, 7) is 2.57. The number of methoxy groups -OCH3 is 1. The van der Waals surface area contributed by atoms with Gasteiger partial charge in [-0.25, -0.2) is 18.7 Å². The molecule has 10 heteroatoms. The van der Waals surface area contributed by atoms with Crippen molar-refractivity contribution in [2.24, 2.45) is 0 Å². The van der Waals surface area contributed by atoms with E-state index in [1.165, 1.54) is 36.4 Å². The zero-order valence-corrected chi connectivity index (χ0v) is 21.1. The molecule has 0 aliphatic heterocycles. The van der Waals surface area contributed by atoms with Crippen molar-refractivity contribution in [2.45, 2.75) is 13.5 Å². The molecular weight excluding hydrogens is 494 g/mol. The predicted octanol–water partition coefficient (Wildman–Crippen LogP) is 6.55. The van der Waals surface area contributed by atoms with Gasteiger partial charge in [-0.05, 0) is 67.6 Å². The Balaban J connectivity index is 0.000000342. The number of nitrogen functional groups attached to an aromatic ring is 1. The lowest BCUT2D eigenvalue weighted by molar-refractivity contribution is 0.413. The first-order valence-corrected chi connectivity index (χ1v) is 12.1. The van der Waals surface area contributed by atoms with Crippen LogP contribution in [0.5, 0.6) is 5.75 Å². The number of aromatic nitrogens is 3. The van der Waals surface area contributed by atoms with Crippen molar-refractivity contribution < 1.29 is 13.5 Å². The molecule has 0 atom stereocenters. The van der Waals surface area contributed by atoms with Crippen molar-refractivity contribution >= 4 is 33.5 Å². The van der Waals surface area contributed by atoms with Crippen molar-refractivity contribution in [3.63, 3.8) is 0 Å². The average molecular weight is 521 g/mol. The number of hydrogen-bond acceptors (Lipinski definition) is 7. The van der Waals surface area contributed by atoms with E-state index in [4.69, 9.17) is 10.5 Å². The first kappa shape index (κ1) is 25.6. The van der Waals surface area contributed by atoms with Gasteiger partial charge in [0.2, 0.25) is 0 Å². The van der Waals surface area contributed by atoms with Gasteiger partial charge in [0.05, 0.1) is 31.4 Å². The van der Waals surface area contributed by atoms with Gasteiger partial charge >= 0.3 is 0 Å². The number of imidazole rings is 1. The molecule has 2 heterocycles. The van der Waals surface area contributed by atoms with Gasteiger partial charge in [-0.2, -0.15) is 0 Å². The van der Waals surface area contributed by atoms with Crippen molar-refractivity contribution in [2.75, 3.05) is 23.5 Å². The number of aryl methyl sites for hydroxylation is 1. The Morgan fingerprint density at radius 3 is 2.24 bits per heavy atom. The predicted molar refractivity (Wildman–Crippen MR) is 145 cm³/mol. The number of rotatable bonds is 7. The Morgan fingerprint density at radius 2 is 1.62 bits per heavy atom. The number of thiazole rings is 1. The number of hydrogen-bond donors (Lipinski definition) is 3. The monoisotopic (exact) mass is 520 g/mol. The highest BCUT2D eigenvalue weighted by molar-refractivity contribution is 7.15. The van der Waals surface area contributed by atoms with Crippen molar-refractivity contribution in [3.05, 3.63) is 108 Å². The van der Waals surface area contributed by atoms with E-state index in [2.05, 4.69) is 20.6 Å². The van der Waals surface area contributed by atoms with Crippen LogP contribution in [-0.2, 0) is 6.54 Å². The highest BCUT2D eigenvalue weighted by Gasteiger charge is 2.09. The molecule has 2 aromatic heterocycles. The van der Waals surface area contributed by atoms with Gasteiger partial charge in [-0.15, -0.1) is 0 Å². The van der Waals surface area contributed by atoms with Crippen molar-refractivity contribution in [1.29, 1.82) is 0 Å². The van der Waals surface area contributed by atoms with Gasteiger partial charge in [0.1, 0.15) is 17.4 Å². The van der Waals surface area contributed by atoms with Crippen LogP contribution in [0.1, 0.15) is 10.6 Å². The van der Waals surface area contributed by atoms with E-state index in [-0.39, 0.29) is 11.6 Å². The Labute approximate surface area is 217 Å². The average Bonchev–Trinajstić information content (AvgIpc) is 3.54. The topological polar surface area (TPSA) is 90.0 Å². The summed E-state index contributed by atoms with van der Waals surface area (Å²) in [6.07, 6.45) is 5.54. The fourth-order valence-corrected chi connectivity index (χ4v) is 4.08. The number of anilines is 4. The number of nitrogens with two attached hydrogens (primary N) is 1. The van der Waals surface area contributed by atoms with E-state index < -0.39 is 0 Å². The summed E-state index contributed by atoms with van der Waals surface area (Å²) in [7, 11) is 1.65. The lowest BCUT2D eigenvalue weighted by Crippen LogP contribution is -1.97. The molecule has 0 saturated heterocycles. The SMILES string of the molecule is COc1cc(Nc2ncc(CNc3ccc(F)cc3)s2)ccc1-n1cnc(C)c1.Nc1ccc(F)cc1. The quantitative estimate of drug-likeness (QED) is 0.211. The van der Waals surface area contributed by atoms with Crippen LogP contribution in [0.3, 0.4) is 0 Å². The summed E-state index contributed by atoms with van der Waals surface area (Å²) in [5, 5.41) is 7.36. The van der Waals surface area contributed by atoms with Gasteiger partial charge in [0.25, 0.3) is 0 Å². The summed E-state index contributed by atoms with van der Waals surface area (Å²) in [6, 6.07) is 17.9. The van der Waals surface area contributed by atoms with Crippen LogP contribution < -0.4 is 21.1 Å². The molecule has 3 aromatic carbocycles. The smallest absolute Gasteiger partial charge is 0.187 e. The molecule has 4 N–H and O–H groups in total. The number of nitrogens with zero attached hydrogens (tertiary/aromatic N) is 3. The Bertz CT molecular complexity index is 1410. The molecule has 5 rings (SSSR count). The molecule has 0 aliphatic rings. The number of benzene rings is 3. The third-order valence-electron chi connectivity index (χ3n) is 5.16. The van der Waals surface area contributed by atoms with Gasteiger partial charge in [0, 0.05) is 40.4 Å². The molecule has 0 saturated carbocycles. The second-order valence-electron chi connectivity index (χ2n) is 7.98. The van der Waals surface area contributed by atoms with Crippen LogP contribution in [0.4, 0.5) is 31.0 Å². The van der Waals surface area contributed by atoms with Crippen LogP contribution >= 0.6 is 11.3 Å². The van der Waals surface area contributed by atoms with Crippen LogP contribution in [0, 0.1) is 18.6 Å². The Morgan fingerprint density at radius 1 is 0.946 bits per heavy atom. The van der Waals surface area contributed by atoms with Gasteiger partial charge in [0.15, 0.2) is 5.13 Å². The van der Waals surface area contributed by atoms with E-state index in [1.54, 1.807) is 36.9 Å². The lowest BCUT2D eigenvalue weighted by Gasteiger charge is -2.11. The fourth-order valence-electron chi connectivity index (χ4n) is 3.31. The minimum atomic E-state index is -0.251. The third kappa shape index (κ3) is 7.28. The van der Waals surface area contributed by atoms with Gasteiger partial charge in [-0.1, -0.05) is 11.3 Å². The number of nitrogens with one attached hydrogen (secondary N) is 2.